The summed E-state index contributed by atoms with van der Waals surface area (Å²) in [6, 6.07) is 7.57. The van der Waals surface area contributed by atoms with Crippen molar-refractivity contribution in [3.05, 3.63) is 29.8 Å². The number of hydrogen-bond acceptors (Lipinski definition) is 4. The molecule has 0 bridgehead atoms. The van der Waals surface area contributed by atoms with E-state index < -0.39 is 0 Å². The van der Waals surface area contributed by atoms with Crippen LogP contribution in [0.15, 0.2) is 24.3 Å². The molecule has 1 heterocycles. The SMILES string of the molecule is NNc1ccccc1C(=O)NC1CCSCC1. The van der Waals surface area contributed by atoms with Gasteiger partial charge < -0.3 is 10.7 Å². The predicted octanol–water partition coefficient (Wildman–Crippen LogP) is 1.60. The molecule has 1 aromatic rings. The minimum absolute atomic E-state index is 0.0459. The lowest BCUT2D eigenvalue weighted by atomic mass is 10.1. The van der Waals surface area contributed by atoms with Crippen molar-refractivity contribution >= 4 is 23.4 Å². The first kappa shape index (κ1) is 12.3. The summed E-state index contributed by atoms with van der Waals surface area (Å²) in [4.78, 5) is 12.1. The number of benzene rings is 1. The summed E-state index contributed by atoms with van der Waals surface area (Å²) in [7, 11) is 0. The fourth-order valence-electron chi connectivity index (χ4n) is 1.91. The van der Waals surface area contributed by atoms with E-state index in [4.69, 9.17) is 5.84 Å². The van der Waals surface area contributed by atoms with Crippen molar-refractivity contribution in [1.29, 1.82) is 0 Å². The summed E-state index contributed by atoms with van der Waals surface area (Å²) >= 11 is 1.95. The second kappa shape index (κ2) is 5.93. The van der Waals surface area contributed by atoms with E-state index in [2.05, 4.69) is 10.7 Å². The highest BCUT2D eigenvalue weighted by atomic mass is 32.2. The monoisotopic (exact) mass is 251 g/mol. The molecule has 1 saturated heterocycles. The van der Waals surface area contributed by atoms with Crippen molar-refractivity contribution in [1.82, 2.24) is 5.32 Å². The Morgan fingerprint density at radius 2 is 2.00 bits per heavy atom. The topological polar surface area (TPSA) is 67.1 Å². The number of carbonyl (C=O) groups is 1. The van der Waals surface area contributed by atoms with E-state index in [-0.39, 0.29) is 5.91 Å². The normalized spacial score (nSPS) is 16.5. The smallest absolute Gasteiger partial charge is 0.253 e. The molecule has 1 amide bonds. The maximum Gasteiger partial charge on any atom is 0.253 e. The van der Waals surface area contributed by atoms with Crippen LogP contribution < -0.4 is 16.6 Å². The van der Waals surface area contributed by atoms with Crippen molar-refractivity contribution in [3.63, 3.8) is 0 Å². The van der Waals surface area contributed by atoms with Gasteiger partial charge >= 0.3 is 0 Å². The van der Waals surface area contributed by atoms with Gasteiger partial charge in [0.2, 0.25) is 0 Å². The van der Waals surface area contributed by atoms with Gasteiger partial charge in [-0.1, -0.05) is 12.1 Å². The molecule has 2 rings (SSSR count). The van der Waals surface area contributed by atoms with Crippen LogP contribution in [-0.4, -0.2) is 23.5 Å². The van der Waals surface area contributed by atoms with Crippen LogP contribution in [0.3, 0.4) is 0 Å². The Kier molecular flexibility index (Phi) is 4.28. The van der Waals surface area contributed by atoms with Crippen molar-refractivity contribution in [2.45, 2.75) is 18.9 Å². The Morgan fingerprint density at radius 3 is 2.71 bits per heavy atom. The number of amides is 1. The number of hydrazine groups is 1. The van der Waals surface area contributed by atoms with Gasteiger partial charge in [-0.05, 0) is 36.5 Å². The van der Waals surface area contributed by atoms with Crippen LogP contribution in [0.4, 0.5) is 5.69 Å². The van der Waals surface area contributed by atoms with E-state index in [0.717, 1.165) is 24.3 Å². The molecule has 1 aliphatic heterocycles. The Bertz CT molecular complexity index is 391. The molecule has 4 N–H and O–H groups in total. The van der Waals surface area contributed by atoms with Crippen LogP contribution in [0.2, 0.25) is 0 Å². The van der Waals surface area contributed by atoms with E-state index in [1.54, 1.807) is 12.1 Å². The van der Waals surface area contributed by atoms with Gasteiger partial charge in [0.15, 0.2) is 0 Å². The first-order valence-corrected chi connectivity index (χ1v) is 6.91. The van der Waals surface area contributed by atoms with E-state index >= 15 is 0 Å². The molecule has 1 aliphatic rings. The molecule has 0 unspecified atom stereocenters. The molecule has 5 heteroatoms. The van der Waals surface area contributed by atoms with Gasteiger partial charge in [-0.25, -0.2) is 0 Å². The highest BCUT2D eigenvalue weighted by Crippen LogP contribution is 2.19. The van der Waals surface area contributed by atoms with Crippen LogP contribution in [0, 0.1) is 0 Å². The lowest BCUT2D eigenvalue weighted by Crippen LogP contribution is -2.37. The Hall–Kier alpha value is -1.20. The van der Waals surface area contributed by atoms with Crippen molar-refractivity contribution in [2.75, 3.05) is 16.9 Å². The van der Waals surface area contributed by atoms with Crippen molar-refractivity contribution in [2.24, 2.45) is 5.84 Å². The number of carbonyl (C=O) groups excluding carboxylic acids is 1. The quantitative estimate of drug-likeness (QED) is 0.564. The molecule has 0 radical (unpaired) electrons. The molecular formula is C12H17N3OS. The minimum Gasteiger partial charge on any atom is -0.349 e. The predicted molar refractivity (Wildman–Crippen MR) is 72.1 cm³/mol. The average Bonchev–Trinajstić information content (AvgIpc) is 2.40. The van der Waals surface area contributed by atoms with Gasteiger partial charge in [-0.3, -0.25) is 10.6 Å². The zero-order valence-electron chi connectivity index (χ0n) is 9.61. The third-order valence-corrected chi connectivity index (χ3v) is 3.93. The van der Waals surface area contributed by atoms with Gasteiger partial charge in [0.25, 0.3) is 5.91 Å². The number of hydrogen-bond donors (Lipinski definition) is 3. The molecule has 17 heavy (non-hydrogen) atoms. The molecule has 0 saturated carbocycles. The summed E-state index contributed by atoms with van der Waals surface area (Å²) in [5.41, 5.74) is 3.82. The van der Waals surface area contributed by atoms with Gasteiger partial charge in [-0.15, -0.1) is 0 Å². The molecule has 0 aliphatic carbocycles. The lowest BCUT2D eigenvalue weighted by Gasteiger charge is -2.23. The molecule has 0 atom stereocenters. The van der Waals surface area contributed by atoms with E-state index in [9.17, 15) is 4.79 Å². The fraction of sp³-hybridized carbons (Fsp3) is 0.417. The number of nitrogens with two attached hydrogens (primary N) is 1. The summed E-state index contributed by atoms with van der Waals surface area (Å²) in [6.45, 7) is 0. The number of para-hydroxylation sites is 1. The maximum absolute atomic E-state index is 12.1. The largest absolute Gasteiger partial charge is 0.349 e. The molecule has 0 spiro atoms. The maximum atomic E-state index is 12.1. The van der Waals surface area contributed by atoms with Crippen LogP contribution in [0.25, 0.3) is 0 Å². The summed E-state index contributed by atoms with van der Waals surface area (Å²) < 4.78 is 0. The average molecular weight is 251 g/mol. The number of rotatable bonds is 3. The zero-order chi connectivity index (χ0) is 12.1. The highest BCUT2D eigenvalue weighted by Gasteiger charge is 2.18. The second-order valence-corrected chi connectivity index (χ2v) is 5.27. The standard InChI is InChI=1S/C12H17N3OS/c13-15-11-4-2-1-3-10(11)12(16)14-9-5-7-17-8-6-9/h1-4,9,15H,5-8,13H2,(H,14,16). The van der Waals surface area contributed by atoms with Crippen molar-refractivity contribution < 1.29 is 4.79 Å². The zero-order valence-corrected chi connectivity index (χ0v) is 10.4. The molecule has 1 aromatic carbocycles. The molecule has 4 nitrogen and oxygen atoms in total. The third kappa shape index (κ3) is 3.14. The number of thioether (sulfide) groups is 1. The second-order valence-electron chi connectivity index (χ2n) is 4.05. The molecule has 92 valence electrons. The minimum atomic E-state index is -0.0459. The lowest BCUT2D eigenvalue weighted by molar-refractivity contribution is 0.0935. The Labute approximate surface area is 105 Å². The Balaban J connectivity index is 2.03. The number of anilines is 1. The number of nitrogen functional groups attached to an aromatic ring is 1. The van der Waals surface area contributed by atoms with Crippen LogP contribution in [0.1, 0.15) is 23.2 Å². The van der Waals surface area contributed by atoms with E-state index in [0.29, 0.717) is 17.3 Å². The summed E-state index contributed by atoms with van der Waals surface area (Å²) in [5, 5.41) is 3.06. The van der Waals surface area contributed by atoms with Gasteiger partial charge in [0.1, 0.15) is 0 Å². The van der Waals surface area contributed by atoms with Crippen LogP contribution in [0.5, 0.6) is 0 Å². The summed E-state index contributed by atoms with van der Waals surface area (Å²) in [6.07, 6.45) is 2.10. The van der Waals surface area contributed by atoms with E-state index in [1.165, 1.54) is 0 Å². The number of nitrogens with one attached hydrogen (secondary N) is 2. The fourth-order valence-corrected chi connectivity index (χ4v) is 3.02. The molecule has 1 fully saturated rings. The van der Waals surface area contributed by atoms with Gasteiger partial charge in [0.05, 0.1) is 11.3 Å². The van der Waals surface area contributed by atoms with Crippen LogP contribution >= 0.6 is 11.8 Å². The van der Waals surface area contributed by atoms with E-state index in [1.807, 2.05) is 23.9 Å². The molecule has 0 aromatic heterocycles. The first-order valence-electron chi connectivity index (χ1n) is 5.75. The first-order chi connectivity index (χ1) is 8.31. The Morgan fingerprint density at radius 1 is 1.29 bits per heavy atom. The molecular weight excluding hydrogens is 234 g/mol. The van der Waals surface area contributed by atoms with Gasteiger partial charge in [-0.2, -0.15) is 11.8 Å². The summed E-state index contributed by atoms with van der Waals surface area (Å²) in [5.74, 6) is 7.60. The third-order valence-electron chi connectivity index (χ3n) is 2.88. The van der Waals surface area contributed by atoms with Gasteiger partial charge in [0, 0.05) is 6.04 Å². The van der Waals surface area contributed by atoms with Crippen LogP contribution in [-0.2, 0) is 0 Å². The van der Waals surface area contributed by atoms with Crippen molar-refractivity contribution in [3.8, 4) is 0 Å². The highest BCUT2D eigenvalue weighted by molar-refractivity contribution is 7.99.